The van der Waals surface area contributed by atoms with E-state index in [0.29, 0.717) is 11.3 Å². The molecule has 0 aromatic heterocycles. The molecule has 0 radical (unpaired) electrons. The number of amides is 4. The SMILES string of the molecule is CN1C(=O)[C@@]23C[C@]4([C@]56C[C@@]78SS[C@@](C)(C(=O)N7[C@H]5N(S(=O)[O-])c5ccccc56)N(C)C8=O)c5ccccc5N[C@@H]4N2C(=O)[C@]1(C)SS3. The number of para-hydroxylation sites is 2. The lowest BCUT2D eigenvalue weighted by Gasteiger charge is -2.58. The molecule has 2 spiro atoms. The molecule has 8 fully saturated rings. The fourth-order valence-electron chi connectivity index (χ4n) is 9.94. The molecule has 2 aromatic carbocycles. The number of anilines is 2. The predicted molar refractivity (Wildman–Crippen MR) is 180 cm³/mol. The molecule has 1 unspecified atom stereocenters. The number of piperazine rings is 2. The highest BCUT2D eigenvalue weighted by Crippen LogP contribution is 2.79. The number of hydrogen-bond acceptors (Lipinski definition) is 11. The number of likely N-dealkylation sites (N-methyl/N-ethyl adjacent to an activating group) is 2. The summed E-state index contributed by atoms with van der Waals surface area (Å²) in [7, 11) is 8.69. The third-order valence-corrected chi connectivity index (χ3v) is 20.3. The number of hydrogen-bond donors (Lipinski definition) is 1. The van der Waals surface area contributed by atoms with Crippen molar-refractivity contribution in [2.45, 2.75) is 69.3 Å². The van der Waals surface area contributed by atoms with Crippen LogP contribution >= 0.6 is 43.2 Å². The van der Waals surface area contributed by atoms with Crippen LogP contribution in [0.3, 0.4) is 0 Å². The Kier molecular flexibility index (Phi) is 5.25. The van der Waals surface area contributed by atoms with Crippen molar-refractivity contribution in [1.82, 2.24) is 19.6 Å². The molecule has 0 saturated carbocycles. The molecule has 2 aromatic rings. The molecule has 10 aliphatic rings. The number of nitrogens with one attached hydrogen (secondary N) is 1. The molecule has 47 heavy (non-hydrogen) atoms. The van der Waals surface area contributed by atoms with Gasteiger partial charge in [-0.2, -0.15) is 0 Å². The van der Waals surface area contributed by atoms with Crippen molar-refractivity contribution in [3.8, 4) is 0 Å². The second-order valence-electron chi connectivity index (χ2n) is 13.8. The number of carbonyl (C=O) groups is 4. The molecule has 12 rings (SSSR count). The van der Waals surface area contributed by atoms with Crippen LogP contribution in [0.2, 0.25) is 0 Å². The monoisotopic (exact) mass is 727 g/mol. The molecular formula is C30H27N6O6S5-. The van der Waals surface area contributed by atoms with Crippen LogP contribution in [-0.4, -0.2) is 97.9 Å². The van der Waals surface area contributed by atoms with Crippen LogP contribution in [0.5, 0.6) is 0 Å². The van der Waals surface area contributed by atoms with Gasteiger partial charge in [-0.25, -0.2) is 0 Å². The van der Waals surface area contributed by atoms with Gasteiger partial charge in [-0.3, -0.25) is 37.5 Å². The first kappa shape index (κ1) is 29.4. The summed E-state index contributed by atoms with van der Waals surface area (Å²) in [4.78, 5) is 59.8. The Hall–Kier alpha value is -2.57. The minimum absolute atomic E-state index is 0.0851. The van der Waals surface area contributed by atoms with Gasteiger partial charge in [0.15, 0.2) is 19.5 Å². The molecule has 4 amide bonds. The second kappa shape index (κ2) is 8.41. The van der Waals surface area contributed by atoms with E-state index >= 15 is 0 Å². The maximum Gasteiger partial charge on any atom is 0.262 e. The van der Waals surface area contributed by atoms with E-state index in [1.807, 2.05) is 36.4 Å². The number of nitrogens with zero attached hydrogens (tertiary/aromatic N) is 5. The summed E-state index contributed by atoms with van der Waals surface area (Å²) in [6.07, 6.45) is -1.68. The van der Waals surface area contributed by atoms with Crippen molar-refractivity contribution in [3.05, 3.63) is 59.7 Å². The average Bonchev–Trinajstić information content (AvgIpc) is 3.73. The molecule has 244 valence electrons. The highest BCUT2D eigenvalue weighted by molar-refractivity contribution is 8.78. The summed E-state index contributed by atoms with van der Waals surface area (Å²) in [6, 6.07) is 15.0. The molecular weight excluding hydrogens is 701 g/mol. The third-order valence-electron chi connectivity index (χ3n) is 12.2. The zero-order chi connectivity index (χ0) is 32.8. The highest BCUT2D eigenvalue weighted by atomic mass is 33.1. The number of fused-ring (bicyclic) bond motifs is 11. The summed E-state index contributed by atoms with van der Waals surface area (Å²) in [5, 5.41) is 3.65. The number of benzene rings is 2. The van der Waals surface area contributed by atoms with Crippen LogP contribution in [0.25, 0.3) is 0 Å². The van der Waals surface area contributed by atoms with E-state index in [0.717, 1.165) is 11.3 Å². The predicted octanol–water partition coefficient (Wildman–Crippen LogP) is 2.58. The molecule has 0 aliphatic carbocycles. The van der Waals surface area contributed by atoms with Crippen LogP contribution in [0.15, 0.2) is 48.5 Å². The maximum absolute atomic E-state index is 14.8. The zero-order valence-corrected chi connectivity index (χ0v) is 29.5. The Morgan fingerprint density at radius 1 is 0.745 bits per heavy atom. The summed E-state index contributed by atoms with van der Waals surface area (Å²) < 4.78 is 28.3. The fraction of sp³-hybridized carbons (Fsp3) is 0.467. The normalized spacial score (nSPS) is 44.0. The molecule has 17 heteroatoms. The summed E-state index contributed by atoms with van der Waals surface area (Å²) in [5.41, 5.74) is 0.283. The summed E-state index contributed by atoms with van der Waals surface area (Å²) >= 11 is -2.85. The van der Waals surface area contributed by atoms with Gasteiger partial charge in [-0.1, -0.05) is 79.6 Å². The smallest absolute Gasteiger partial charge is 0.262 e. The van der Waals surface area contributed by atoms with Crippen molar-refractivity contribution < 1.29 is 27.9 Å². The minimum Gasteiger partial charge on any atom is -0.755 e. The van der Waals surface area contributed by atoms with Gasteiger partial charge in [0.05, 0.1) is 16.5 Å². The van der Waals surface area contributed by atoms with Crippen LogP contribution < -0.4 is 9.62 Å². The van der Waals surface area contributed by atoms with Gasteiger partial charge in [-0.05, 0) is 37.1 Å². The topological polar surface area (TPSA) is 137 Å². The largest absolute Gasteiger partial charge is 0.755 e. The van der Waals surface area contributed by atoms with Gasteiger partial charge < -0.3 is 19.7 Å². The lowest BCUT2D eigenvalue weighted by atomic mass is 9.54. The van der Waals surface area contributed by atoms with E-state index in [-0.39, 0.29) is 36.5 Å². The van der Waals surface area contributed by atoms with Crippen LogP contribution in [-0.2, 0) is 41.3 Å². The van der Waals surface area contributed by atoms with Crippen LogP contribution in [0, 0.1) is 0 Å². The van der Waals surface area contributed by atoms with Gasteiger partial charge in [0.2, 0.25) is 0 Å². The third kappa shape index (κ3) is 2.69. The van der Waals surface area contributed by atoms with E-state index in [9.17, 15) is 27.9 Å². The van der Waals surface area contributed by atoms with E-state index in [1.165, 1.54) is 57.3 Å². The van der Waals surface area contributed by atoms with Crippen LogP contribution in [0.4, 0.5) is 11.4 Å². The quantitative estimate of drug-likeness (QED) is 0.361. The van der Waals surface area contributed by atoms with Crippen molar-refractivity contribution in [2.75, 3.05) is 23.7 Å². The van der Waals surface area contributed by atoms with E-state index < -0.39 is 53.9 Å². The number of rotatable bonds is 2. The molecule has 12 nitrogen and oxygen atoms in total. The van der Waals surface area contributed by atoms with Crippen molar-refractivity contribution >= 4 is 89.4 Å². The fourth-order valence-corrected chi connectivity index (χ4v) is 17.7. The first-order chi connectivity index (χ1) is 22.3. The standard InChI is InChI=1S/C30H28N6O6S5/c1-25-21(37)34-19-27(15-9-5-7-11-17(15)31-19,13-29(34,45-43-25)23(39)32(25)3)28-14-30-24(40)33(4)26(2,44-46-30)22(38)35(30)20(28)36(47(41)42)18-12-8-6-10-16(18)28/h5-12,19-20,31H,13-14H2,1-4H3,(H,41,42)/p-1/t19-,20+,25+,26+,27+,28+,29+,30+/m1/s1. The van der Waals surface area contributed by atoms with Gasteiger partial charge in [0.25, 0.3) is 23.6 Å². The van der Waals surface area contributed by atoms with Crippen molar-refractivity contribution in [2.24, 2.45) is 0 Å². The van der Waals surface area contributed by atoms with Crippen LogP contribution in [0.1, 0.15) is 37.8 Å². The minimum atomic E-state index is -2.85. The second-order valence-corrected chi connectivity index (χ2v) is 20.2. The lowest BCUT2D eigenvalue weighted by molar-refractivity contribution is -0.163. The Labute approximate surface area is 288 Å². The Balaban J connectivity index is 1.34. The van der Waals surface area contributed by atoms with E-state index in [4.69, 9.17) is 0 Å². The number of carbonyl (C=O) groups excluding carboxylic acids is 4. The average molecular weight is 728 g/mol. The summed E-state index contributed by atoms with van der Waals surface area (Å²) in [5.74, 6) is -1.01. The lowest BCUT2D eigenvalue weighted by Crippen LogP contribution is -2.76. The van der Waals surface area contributed by atoms with Crippen molar-refractivity contribution in [1.29, 1.82) is 0 Å². The molecule has 10 heterocycles. The van der Waals surface area contributed by atoms with E-state index in [2.05, 4.69) is 5.32 Å². The summed E-state index contributed by atoms with van der Waals surface area (Å²) in [6.45, 7) is 3.47. The van der Waals surface area contributed by atoms with Gasteiger partial charge in [0, 0.05) is 43.9 Å². The Morgan fingerprint density at radius 3 is 1.91 bits per heavy atom. The first-order valence-electron chi connectivity index (χ1n) is 15.1. The molecule has 9 atom stereocenters. The zero-order valence-electron chi connectivity index (χ0n) is 25.4. The highest BCUT2D eigenvalue weighted by Gasteiger charge is 2.88. The van der Waals surface area contributed by atoms with Gasteiger partial charge >= 0.3 is 0 Å². The maximum atomic E-state index is 14.8. The molecule has 4 bridgehead atoms. The van der Waals surface area contributed by atoms with Gasteiger partial charge in [0.1, 0.15) is 12.3 Å². The first-order valence-corrected chi connectivity index (χ1v) is 20.4. The molecule has 10 aliphatic heterocycles. The van der Waals surface area contributed by atoms with E-state index in [1.54, 1.807) is 49.9 Å². The van der Waals surface area contributed by atoms with Gasteiger partial charge in [-0.15, -0.1) is 0 Å². The Bertz CT molecular complexity index is 1970. The molecule has 1 N–H and O–H groups in total. The Morgan fingerprint density at radius 2 is 1.28 bits per heavy atom. The molecule has 8 saturated heterocycles. The van der Waals surface area contributed by atoms with Crippen molar-refractivity contribution in [3.63, 3.8) is 0 Å².